The number of carbonyl (C=O) groups is 1. The second-order valence-corrected chi connectivity index (χ2v) is 7.78. The minimum atomic E-state index is -3.76. The molecule has 28 heavy (non-hydrogen) atoms. The fraction of sp³-hybridized carbons (Fsp3) is 0.105. The Morgan fingerprint density at radius 1 is 0.964 bits per heavy atom. The van der Waals surface area contributed by atoms with E-state index >= 15 is 0 Å². The third kappa shape index (κ3) is 4.70. The van der Waals surface area contributed by atoms with Gasteiger partial charge in [-0.1, -0.05) is 36.4 Å². The number of nitrogens with zero attached hydrogens (tertiary/aromatic N) is 1. The summed E-state index contributed by atoms with van der Waals surface area (Å²) in [6, 6.07) is 17.7. The summed E-state index contributed by atoms with van der Waals surface area (Å²) in [5, 5.41) is 15.0. The molecule has 1 amide bonds. The van der Waals surface area contributed by atoms with Crippen molar-refractivity contribution < 1.29 is 18.1 Å². The number of fused-ring (bicyclic) bond motifs is 1. The van der Waals surface area contributed by atoms with Crippen LogP contribution in [0.15, 0.2) is 71.6 Å². The van der Waals surface area contributed by atoms with Gasteiger partial charge >= 0.3 is 0 Å². The van der Waals surface area contributed by atoms with Crippen molar-refractivity contribution in [3.05, 3.63) is 76.8 Å². The van der Waals surface area contributed by atoms with Gasteiger partial charge in [0.15, 0.2) is 0 Å². The zero-order valence-corrected chi connectivity index (χ0v) is 15.5. The van der Waals surface area contributed by atoms with Crippen molar-refractivity contribution >= 4 is 38.1 Å². The van der Waals surface area contributed by atoms with Crippen LogP contribution in [0.25, 0.3) is 10.8 Å². The molecule has 0 unspecified atom stereocenters. The van der Waals surface area contributed by atoms with Crippen molar-refractivity contribution in [1.82, 2.24) is 4.72 Å². The summed E-state index contributed by atoms with van der Waals surface area (Å²) in [5.41, 5.74) is 0.131. The minimum absolute atomic E-state index is 0.101. The predicted molar refractivity (Wildman–Crippen MR) is 105 cm³/mol. The zero-order chi connectivity index (χ0) is 20.1. The van der Waals surface area contributed by atoms with Crippen molar-refractivity contribution in [3.8, 4) is 0 Å². The first-order valence-electron chi connectivity index (χ1n) is 8.38. The fourth-order valence-electron chi connectivity index (χ4n) is 2.64. The molecule has 3 rings (SSSR count). The Morgan fingerprint density at radius 2 is 1.71 bits per heavy atom. The van der Waals surface area contributed by atoms with Gasteiger partial charge in [-0.2, -0.15) is 0 Å². The number of benzene rings is 3. The number of amides is 1. The monoisotopic (exact) mass is 399 g/mol. The summed E-state index contributed by atoms with van der Waals surface area (Å²) < 4.78 is 27.2. The van der Waals surface area contributed by atoms with Gasteiger partial charge in [-0.15, -0.1) is 0 Å². The first kappa shape index (κ1) is 19.5. The number of nitro groups is 1. The molecular formula is C19H17N3O5S. The van der Waals surface area contributed by atoms with Crippen molar-refractivity contribution in [2.45, 2.75) is 11.3 Å². The van der Waals surface area contributed by atoms with E-state index in [9.17, 15) is 23.3 Å². The average Bonchev–Trinajstić information content (AvgIpc) is 2.67. The van der Waals surface area contributed by atoms with E-state index < -0.39 is 20.9 Å². The molecule has 3 aromatic rings. The van der Waals surface area contributed by atoms with Gasteiger partial charge in [-0.05, 0) is 29.0 Å². The van der Waals surface area contributed by atoms with Gasteiger partial charge in [-0.3, -0.25) is 14.9 Å². The number of nitro benzene ring substituents is 1. The molecule has 3 aromatic carbocycles. The summed E-state index contributed by atoms with van der Waals surface area (Å²) in [4.78, 5) is 22.3. The molecule has 8 nitrogen and oxygen atoms in total. The summed E-state index contributed by atoms with van der Waals surface area (Å²) in [6.07, 6.45) is -0.116. The van der Waals surface area contributed by atoms with Gasteiger partial charge in [0.2, 0.25) is 15.9 Å². The van der Waals surface area contributed by atoms with E-state index in [2.05, 4.69) is 10.0 Å². The van der Waals surface area contributed by atoms with Crippen LogP contribution in [0.3, 0.4) is 0 Å². The number of non-ortho nitro benzene ring substituents is 1. The lowest BCUT2D eigenvalue weighted by Crippen LogP contribution is -2.27. The van der Waals surface area contributed by atoms with Crippen molar-refractivity contribution in [1.29, 1.82) is 0 Å². The molecule has 0 fully saturated rings. The van der Waals surface area contributed by atoms with Crippen LogP contribution < -0.4 is 10.0 Å². The van der Waals surface area contributed by atoms with Gasteiger partial charge in [0.05, 0.1) is 9.82 Å². The molecule has 0 saturated carbocycles. The van der Waals surface area contributed by atoms with Crippen molar-refractivity contribution in [3.63, 3.8) is 0 Å². The lowest BCUT2D eigenvalue weighted by molar-refractivity contribution is -0.384. The molecule has 0 aliphatic heterocycles. The summed E-state index contributed by atoms with van der Waals surface area (Å²) in [6.45, 7) is -0.101. The quantitative estimate of drug-likeness (QED) is 0.468. The topological polar surface area (TPSA) is 118 Å². The van der Waals surface area contributed by atoms with Crippen LogP contribution in [-0.2, 0) is 14.8 Å². The number of hydrogen-bond acceptors (Lipinski definition) is 5. The van der Waals surface area contributed by atoms with Gasteiger partial charge in [0.1, 0.15) is 0 Å². The summed E-state index contributed by atoms with van der Waals surface area (Å²) in [7, 11) is -3.76. The van der Waals surface area contributed by atoms with E-state index in [0.29, 0.717) is 0 Å². The van der Waals surface area contributed by atoms with Crippen molar-refractivity contribution in [2.75, 3.05) is 11.9 Å². The van der Waals surface area contributed by atoms with E-state index in [-0.39, 0.29) is 29.2 Å². The molecular weight excluding hydrogens is 382 g/mol. The van der Waals surface area contributed by atoms with Crippen LogP contribution in [0.4, 0.5) is 11.4 Å². The number of nitrogens with one attached hydrogen (secondary N) is 2. The van der Waals surface area contributed by atoms with Crippen LogP contribution >= 0.6 is 0 Å². The minimum Gasteiger partial charge on any atom is -0.326 e. The normalized spacial score (nSPS) is 11.3. The van der Waals surface area contributed by atoms with E-state index in [1.165, 1.54) is 30.3 Å². The fourth-order valence-corrected chi connectivity index (χ4v) is 3.70. The molecule has 0 spiro atoms. The van der Waals surface area contributed by atoms with Crippen molar-refractivity contribution in [2.24, 2.45) is 0 Å². The van der Waals surface area contributed by atoms with E-state index in [4.69, 9.17) is 0 Å². The lowest BCUT2D eigenvalue weighted by atomic mass is 10.1. The number of carbonyl (C=O) groups excluding carboxylic acids is 1. The maximum Gasteiger partial charge on any atom is 0.271 e. The lowest BCUT2D eigenvalue weighted by Gasteiger charge is -2.08. The summed E-state index contributed by atoms with van der Waals surface area (Å²) in [5.74, 6) is -0.457. The molecule has 0 radical (unpaired) electrons. The Balaban J connectivity index is 1.59. The molecule has 0 aromatic heterocycles. The Kier molecular flexibility index (Phi) is 5.67. The number of rotatable bonds is 7. The van der Waals surface area contributed by atoms with Crippen LogP contribution in [0.5, 0.6) is 0 Å². The van der Waals surface area contributed by atoms with Gasteiger partial charge in [-0.25, -0.2) is 13.1 Å². The molecule has 144 valence electrons. The number of hydrogen-bond donors (Lipinski definition) is 2. The zero-order valence-electron chi connectivity index (χ0n) is 14.7. The highest BCUT2D eigenvalue weighted by Crippen LogP contribution is 2.19. The third-order valence-corrected chi connectivity index (χ3v) is 5.47. The molecule has 0 bridgehead atoms. The van der Waals surface area contributed by atoms with Gasteiger partial charge < -0.3 is 5.32 Å². The predicted octanol–water partition coefficient (Wildman–Crippen LogP) is 3.06. The first-order valence-corrected chi connectivity index (χ1v) is 9.86. The molecule has 0 saturated heterocycles. The van der Waals surface area contributed by atoms with Gasteiger partial charge in [0.25, 0.3) is 5.69 Å². The maximum atomic E-state index is 12.4. The van der Waals surface area contributed by atoms with Crippen LogP contribution in [0, 0.1) is 10.1 Å². The van der Waals surface area contributed by atoms with E-state index in [1.807, 2.05) is 24.3 Å². The largest absolute Gasteiger partial charge is 0.326 e. The smallest absolute Gasteiger partial charge is 0.271 e. The highest BCUT2D eigenvalue weighted by molar-refractivity contribution is 7.89. The van der Waals surface area contributed by atoms with E-state index in [0.717, 1.165) is 10.8 Å². The summed E-state index contributed by atoms with van der Waals surface area (Å²) >= 11 is 0. The second kappa shape index (κ2) is 8.15. The standard InChI is InChI=1S/C19H17N3O5S/c23-19(21-16-6-3-7-17(13-16)22(24)25)10-11-20-28(26,27)18-9-8-14-4-1-2-5-15(14)12-18/h1-9,12-13,20H,10-11H2,(H,21,23). The SMILES string of the molecule is O=C(CCNS(=O)(=O)c1ccc2ccccc2c1)Nc1cccc([N+](=O)[O-])c1. The third-order valence-electron chi connectivity index (χ3n) is 4.02. The highest BCUT2D eigenvalue weighted by Gasteiger charge is 2.15. The van der Waals surface area contributed by atoms with E-state index in [1.54, 1.807) is 12.1 Å². The number of sulfonamides is 1. The molecule has 0 heterocycles. The number of anilines is 1. The second-order valence-electron chi connectivity index (χ2n) is 6.01. The van der Waals surface area contributed by atoms with Crippen LogP contribution in [0.2, 0.25) is 0 Å². The molecule has 9 heteroatoms. The molecule has 2 N–H and O–H groups in total. The Labute approximate surface area is 161 Å². The van der Waals surface area contributed by atoms with Crippen LogP contribution in [-0.4, -0.2) is 25.8 Å². The Hall–Kier alpha value is -3.30. The maximum absolute atomic E-state index is 12.4. The van der Waals surface area contributed by atoms with Crippen LogP contribution in [0.1, 0.15) is 6.42 Å². The molecule has 0 atom stereocenters. The molecule has 0 aliphatic carbocycles. The molecule has 0 aliphatic rings. The Bertz CT molecular complexity index is 1150. The highest BCUT2D eigenvalue weighted by atomic mass is 32.2. The Morgan fingerprint density at radius 3 is 2.46 bits per heavy atom. The first-order chi connectivity index (χ1) is 13.3. The average molecular weight is 399 g/mol. The van der Waals surface area contributed by atoms with Gasteiger partial charge in [0, 0.05) is 30.8 Å².